The number of hydrogen-bond donors (Lipinski definition) is 1. The fourth-order valence-corrected chi connectivity index (χ4v) is 2.85. The lowest BCUT2D eigenvalue weighted by Crippen LogP contribution is -2.09. The van der Waals surface area contributed by atoms with E-state index in [4.69, 9.17) is 9.84 Å². The molecule has 6 nitrogen and oxygen atoms in total. The summed E-state index contributed by atoms with van der Waals surface area (Å²) in [6, 6.07) is 11.3. The van der Waals surface area contributed by atoms with E-state index in [2.05, 4.69) is 29.9 Å². The SMILES string of the molecule is CC(C)COc1cccc(-c2cnc(C3CC=C(C(=O)O)C=N3)cc2C#N)c1. The first-order chi connectivity index (χ1) is 13.5. The second-order valence-corrected chi connectivity index (χ2v) is 6.99. The molecule has 1 aromatic heterocycles. The highest BCUT2D eigenvalue weighted by Crippen LogP contribution is 2.30. The fraction of sp³-hybridized carbons (Fsp3) is 0.273. The first-order valence-corrected chi connectivity index (χ1v) is 9.08. The topological polar surface area (TPSA) is 95.6 Å². The molecule has 2 heterocycles. The first-order valence-electron chi connectivity index (χ1n) is 9.08. The number of aliphatic imine (C=N–C) groups is 1. The highest BCUT2D eigenvalue weighted by Gasteiger charge is 2.18. The van der Waals surface area contributed by atoms with Gasteiger partial charge >= 0.3 is 5.97 Å². The van der Waals surface area contributed by atoms with Crippen LogP contribution in [0.3, 0.4) is 0 Å². The summed E-state index contributed by atoms with van der Waals surface area (Å²) < 4.78 is 5.77. The van der Waals surface area contributed by atoms with Crippen LogP contribution >= 0.6 is 0 Å². The third-order valence-corrected chi connectivity index (χ3v) is 4.32. The Kier molecular flexibility index (Phi) is 5.85. The number of rotatable bonds is 6. The maximum absolute atomic E-state index is 11.0. The molecule has 1 aromatic carbocycles. The van der Waals surface area contributed by atoms with Gasteiger partial charge in [-0.2, -0.15) is 5.26 Å². The van der Waals surface area contributed by atoms with E-state index in [1.165, 1.54) is 6.21 Å². The van der Waals surface area contributed by atoms with Gasteiger partial charge < -0.3 is 9.84 Å². The van der Waals surface area contributed by atoms with Gasteiger partial charge in [-0.15, -0.1) is 0 Å². The summed E-state index contributed by atoms with van der Waals surface area (Å²) in [7, 11) is 0. The van der Waals surface area contributed by atoms with Crippen LogP contribution in [0.15, 0.2) is 53.2 Å². The summed E-state index contributed by atoms with van der Waals surface area (Å²) in [6.45, 7) is 4.79. The number of carbonyl (C=O) groups is 1. The summed E-state index contributed by atoms with van der Waals surface area (Å²) in [4.78, 5) is 19.7. The number of carboxylic acid groups (broad SMARTS) is 1. The maximum Gasteiger partial charge on any atom is 0.336 e. The third kappa shape index (κ3) is 4.44. The minimum atomic E-state index is -0.997. The number of hydrogen-bond acceptors (Lipinski definition) is 5. The Balaban J connectivity index is 1.85. The molecule has 1 unspecified atom stereocenters. The summed E-state index contributed by atoms with van der Waals surface area (Å²) in [6.07, 6.45) is 5.07. The van der Waals surface area contributed by atoms with Crippen LogP contribution in [0, 0.1) is 17.2 Å². The van der Waals surface area contributed by atoms with Crippen molar-refractivity contribution in [1.82, 2.24) is 4.98 Å². The zero-order valence-electron chi connectivity index (χ0n) is 15.8. The molecule has 0 saturated heterocycles. The smallest absolute Gasteiger partial charge is 0.336 e. The van der Waals surface area contributed by atoms with Gasteiger partial charge in [0.25, 0.3) is 0 Å². The van der Waals surface area contributed by atoms with Crippen LogP contribution in [0.25, 0.3) is 11.1 Å². The van der Waals surface area contributed by atoms with Crippen molar-refractivity contribution in [2.24, 2.45) is 10.9 Å². The second kappa shape index (κ2) is 8.49. The number of benzene rings is 1. The van der Waals surface area contributed by atoms with Gasteiger partial charge in [0, 0.05) is 18.0 Å². The quantitative estimate of drug-likeness (QED) is 0.817. The van der Waals surface area contributed by atoms with Crippen molar-refractivity contribution in [3.8, 4) is 22.9 Å². The first kappa shape index (κ1) is 19.3. The van der Waals surface area contributed by atoms with E-state index in [1.54, 1.807) is 18.3 Å². The number of nitriles is 1. The molecule has 0 amide bonds. The third-order valence-electron chi connectivity index (χ3n) is 4.32. The molecule has 1 aliphatic rings. The average molecular weight is 375 g/mol. The molecule has 0 spiro atoms. The van der Waals surface area contributed by atoms with Crippen LogP contribution in [0.5, 0.6) is 5.75 Å². The van der Waals surface area contributed by atoms with E-state index in [9.17, 15) is 10.1 Å². The van der Waals surface area contributed by atoms with E-state index in [1.807, 2.05) is 24.3 Å². The molecular formula is C22H21N3O3. The molecule has 6 heteroatoms. The van der Waals surface area contributed by atoms with Crippen molar-refractivity contribution in [2.45, 2.75) is 26.3 Å². The van der Waals surface area contributed by atoms with Gasteiger partial charge in [0.1, 0.15) is 5.75 Å². The number of aromatic nitrogens is 1. The zero-order valence-corrected chi connectivity index (χ0v) is 15.8. The van der Waals surface area contributed by atoms with Crippen LogP contribution in [0.4, 0.5) is 0 Å². The van der Waals surface area contributed by atoms with E-state index in [-0.39, 0.29) is 11.6 Å². The van der Waals surface area contributed by atoms with Crippen molar-refractivity contribution >= 4 is 12.2 Å². The van der Waals surface area contributed by atoms with E-state index < -0.39 is 5.97 Å². The lowest BCUT2D eigenvalue weighted by molar-refractivity contribution is -0.132. The standard InChI is InChI=1S/C22H21N3O3/c1-14(2)13-28-18-5-3-4-15(8-18)19-12-25-21(9-17(19)10-23)20-7-6-16(11-24-20)22(26)27/h3-6,8-9,11-12,14,20H,7,13H2,1-2H3,(H,26,27). The Morgan fingerprint density at radius 1 is 1.39 bits per heavy atom. The van der Waals surface area contributed by atoms with Crippen molar-refractivity contribution < 1.29 is 14.6 Å². The lowest BCUT2D eigenvalue weighted by atomic mass is 9.98. The molecule has 0 radical (unpaired) electrons. The highest BCUT2D eigenvalue weighted by atomic mass is 16.5. The molecular weight excluding hydrogens is 354 g/mol. The molecule has 1 N–H and O–H groups in total. The molecule has 0 saturated carbocycles. The molecule has 3 rings (SSSR count). The average Bonchev–Trinajstić information content (AvgIpc) is 2.72. The Morgan fingerprint density at radius 2 is 2.21 bits per heavy atom. The monoisotopic (exact) mass is 375 g/mol. The van der Waals surface area contributed by atoms with Crippen LogP contribution in [-0.2, 0) is 4.79 Å². The Hall–Kier alpha value is -3.46. The van der Waals surface area contributed by atoms with Crippen molar-refractivity contribution in [3.63, 3.8) is 0 Å². The van der Waals surface area contributed by atoms with Crippen molar-refractivity contribution in [2.75, 3.05) is 6.61 Å². The Bertz CT molecular complexity index is 987. The number of carboxylic acids is 1. The van der Waals surface area contributed by atoms with Crippen molar-refractivity contribution in [3.05, 3.63) is 59.4 Å². The summed E-state index contributed by atoms with van der Waals surface area (Å²) in [5, 5.41) is 18.6. The predicted octanol–water partition coefficient (Wildman–Crippen LogP) is 4.18. The van der Waals surface area contributed by atoms with Crippen molar-refractivity contribution in [1.29, 1.82) is 5.26 Å². The molecule has 28 heavy (non-hydrogen) atoms. The minimum absolute atomic E-state index is 0.173. The Morgan fingerprint density at radius 3 is 2.86 bits per heavy atom. The normalized spacial score (nSPS) is 15.8. The maximum atomic E-state index is 11.0. The number of pyridine rings is 1. The highest BCUT2D eigenvalue weighted by molar-refractivity contribution is 6.08. The lowest BCUT2D eigenvalue weighted by Gasteiger charge is -2.15. The predicted molar refractivity (Wildman–Crippen MR) is 106 cm³/mol. The van der Waals surface area contributed by atoms with Gasteiger partial charge in [0.05, 0.1) is 35.5 Å². The molecule has 1 atom stereocenters. The number of dihydropyridines is 1. The fourth-order valence-electron chi connectivity index (χ4n) is 2.85. The summed E-state index contributed by atoms with van der Waals surface area (Å²) in [5.74, 6) is 0.177. The molecule has 142 valence electrons. The number of aliphatic carboxylic acids is 1. The van der Waals surface area contributed by atoms with Gasteiger partial charge in [-0.25, -0.2) is 4.79 Å². The van der Waals surface area contributed by atoms with E-state index in [0.29, 0.717) is 30.2 Å². The summed E-state index contributed by atoms with van der Waals surface area (Å²) >= 11 is 0. The van der Waals surface area contributed by atoms with Crippen LogP contribution < -0.4 is 4.74 Å². The zero-order chi connectivity index (χ0) is 20.1. The van der Waals surface area contributed by atoms with Gasteiger partial charge in [0.2, 0.25) is 0 Å². The van der Waals surface area contributed by atoms with Gasteiger partial charge in [-0.1, -0.05) is 32.1 Å². The number of ether oxygens (including phenoxy) is 1. The molecule has 0 bridgehead atoms. The van der Waals surface area contributed by atoms with Gasteiger partial charge in [0.15, 0.2) is 0 Å². The van der Waals surface area contributed by atoms with Crippen LogP contribution in [0.2, 0.25) is 0 Å². The van der Waals surface area contributed by atoms with Gasteiger partial charge in [-0.3, -0.25) is 9.98 Å². The summed E-state index contributed by atoms with van der Waals surface area (Å²) in [5.41, 5.74) is 2.89. The molecule has 0 fully saturated rings. The Labute approximate surface area is 163 Å². The largest absolute Gasteiger partial charge is 0.493 e. The van der Waals surface area contributed by atoms with E-state index >= 15 is 0 Å². The molecule has 2 aromatic rings. The molecule has 0 aliphatic carbocycles. The molecule has 1 aliphatic heterocycles. The van der Waals surface area contributed by atoms with Crippen LogP contribution in [-0.4, -0.2) is 28.9 Å². The minimum Gasteiger partial charge on any atom is -0.493 e. The van der Waals surface area contributed by atoms with E-state index in [0.717, 1.165) is 16.9 Å². The van der Waals surface area contributed by atoms with Gasteiger partial charge in [-0.05, 0) is 36.1 Å². The number of nitrogens with zero attached hydrogens (tertiary/aromatic N) is 3. The van der Waals surface area contributed by atoms with Crippen LogP contribution in [0.1, 0.15) is 37.6 Å². The second-order valence-electron chi connectivity index (χ2n) is 6.99.